The Balaban J connectivity index is 1.74. The van der Waals surface area contributed by atoms with E-state index in [4.69, 9.17) is 17.3 Å². The summed E-state index contributed by atoms with van der Waals surface area (Å²) in [6, 6.07) is 15.8. The number of hydrogen-bond acceptors (Lipinski definition) is 3. The molecule has 0 spiro atoms. The number of hydrogen-bond donors (Lipinski definition) is 2. The summed E-state index contributed by atoms with van der Waals surface area (Å²) in [6.07, 6.45) is 1.79. The molecule has 0 saturated heterocycles. The van der Waals surface area contributed by atoms with Crippen LogP contribution < -0.4 is 11.4 Å². The van der Waals surface area contributed by atoms with E-state index in [0.29, 0.717) is 33.9 Å². The maximum atomic E-state index is 14.0. The molecule has 0 aliphatic rings. The van der Waals surface area contributed by atoms with E-state index >= 15 is 0 Å². The average molecular weight is 503 g/mol. The SMILES string of the molecule is Cc1cc(C)c2c(Cn3c(=O)n([C@H](CC(=O)O)c4ccc(Cl)cc4)c4cc(N)ccc43)cn(C)c2c1. The molecule has 2 aromatic heterocycles. The van der Waals surface area contributed by atoms with Gasteiger partial charge in [0.25, 0.3) is 0 Å². The number of carboxylic acid groups (broad SMARTS) is 1. The van der Waals surface area contributed by atoms with Crippen molar-refractivity contribution in [1.82, 2.24) is 13.7 Å². The first-order chi connectivity index (χ1) is 17.1. The largest absolute Gasteiger partial charge is 0.481 e. The van der Waals surface area contributed by atoms with Crippen LogP contribution in [0.2, 0.25) is 5.02 Å². The monoisotopic (exact) mass is 502 g/mol. The topological polar surface area (TPSA) is 95.2 Å². The Morgan fingerprint density at radius 1 is 1.03 bits per heavy atom. The second kappa shape index (κ2) is 8.91. The number of carbonyl (C=O) groups is 1. The summed E-state index contributed by atoms with van der Waals surface area (Å²) < 4.78 is 5.33. The lowest BCUT2D eigenvalue weighted by atomic mass is 10.0. The van der Waals surface area contributed by atoms with Crippen LogP contribution in [-0.4, -0.2) is 24.8 Å². The number of rotatable bonds is 6. The quantitative estimate of drug-likeness (QED) is 0.310. The molecule has 7 nitrogen and oxygen atoms in total. The molecule has 0 fully saturated rings. The van der Waals surface area contributed by atoms with E-state index in [0.717, 1.165) is 22.0 Å². The first kappa shape index (κ1) is 23.8. The number of aryl methyl sites for hydroxylation is 3. The maximum Gasteiger partial charge on any atom is 0.330 e. The molecular formula is C28H27ClN4O3. The van der Waals surface area contributed by atoms with Crippen LogP contribution in [0.1, 0.15) is 34.7 Å². The minimum absolute atomic E-state index is 0.262. The van der Waals surface area contributed by atoms with Gasteiger partial charge in [0, 0.05) is 34.9 Å². The van der Waals surface area contributed by atoms with E-state index in [-0.39, 0.29) is 12.1 Å². The van der Waals surface area contributed by atoms with Crippen LogP contribution in [0.4, 0.5) is 5.69 Å². The fourth-order valence-electron chi connectivity index (χ4n) is 5.26. The lowest BCUT2D eigenvalue weighted by Crippen LogP contribution is -2.29. The summed E-state index contributed by atoms with van der Waals surface area (Å²) in [5, 5.41) is 11.4. The van der Waals surface area contributed by atoms with Crippen LogP contribution >= 0.6 is 11.6 Å². The number of anilines is 1. The van der Waals surface area contributed by atoms with Gasteiger partial charge in [-0.25, -0.2) is 4.79 Å². The van der Waals surface area contributed by atoms with E-state index in [1.54, 1.807) is 45.5 Å². The van der Waals surface area contributed by atoms with Crippen molar-refractivity contribution < 1.29 is 9.90 Å². The molecule has 0 amide bonds. The molecule has 1 atom stereocenters. The molecule has 0 bridgehead atoms. The predicted molar refractivity (Wildman–Crippen MR) is 144 cm³/mol. The smallest absolute Gasteiger partial charge is 0.330 e. The highest BCUT2D eigenvalue weighted by Gasteiger charge is 2.25. The van der Waals surface area contributed by atoms with Crippen LogP contribution in [0.3, 0.4) is 0 Å². The third kappa shape index (κ3) is 4.05. The van der Waals surface area contributed by atoms with Crippen molar-refractivity contribution in [3.05, 3.63) is 98.6 Å². The van der Waals surface area contributed by atoms with E-state index in [1.807, 2.05) is 13.1 Å². The van der Waals surface area contributed by atoms with Gasteiger partial charge in [0.1, 0.15) is 0 Å². The van der Waals surface area contributed by atoms with Gasteiger partial charge in [-0.05, 0) is 72.5 Å². The van der Waals surface area contributed by atoms with E-state index in [2.05, 4.69) is 36.7 Å². The zero-order valence-corrected chi connectivity index (χ0v) is 21.1. The van der Waals surface area contributed by atoms with Gasteiger partial charge in [0.05, 0.1) is 30.0 Å². The van der Waals surface area contributed by atoms with Gasteiger partial charge in [-0.2, -0.15) is 0 Å². The number of benzene rings is 3. The van der Waals surface area contributed by atoms with Crippen LogP contribution in [0.5, 0.6) is 0 Å². The van der Waals surface area contributed by atoms with Gasteiger partial charge in [0.2, 0.25) is 0 Å². The summed E-state index contributed by atoms with van der Waals surface area (Å²) in [5.74, 6) is -1.01. The molecule has 36 heavy (non-hydrogen) atoms. The Hall–Kier alpha value is -3.97. The highest BCUT2D eigenvalue weighted by Crippen LogP contribution is 2.30. The first-order valence-electron chi connectivity index (χ1n) is 11.7. The fraction of sp³-hybridized carbons (Fsp3) is 0.214. The number of aromatic nitrogens is 3. The number of nitrogens with zero attached hydrogens (tertiary/aromatic N) is 3. The van der Waals surface area contributed by atoms with Gasteiger partial charge in [-0.1, -0.05) is 29.8 Å². The zero-order valence-electron chi connectivity index (χ0n) is 20.3. The standard InChI is InChI=1S/C28H27ClN4O3/c1-16-10-17(2)27-19(14-31(3)25(27)11-16)15-32-22-9-8-21(30)12-24(22)33(28(32)36)23(13-26(34)35)18-4-6-20(29)7-5-18/h4-12,14,23H,13,15,30H2,1-3H3,(H,34,35)/t23-/m1/s1. The molecule has 0 aliphatic carbocycles. The van der Waals surface area contributed by atoms with Crippen LogP contribution in [0.15, 0.2) is 65.6 Å². The molecule has 0 saturated carbocycles. The second-order valence-electron chi connectivity index (χ2n) is 9.39. The Bertz CT molecular complexity index is 1690. The van der Waals surface area contributed by atoms with Gasteiger partial charge >= 0.3 is 11.7 Å². The zero-order chi connectivity index (χ0) is 25.7. The molecular weight excluding hydrogens is 476 g/mol. The molecule has 0 unspecified atom stereocenters. The van der Waals surface area contributed by atoms with Crippen molar-refractivity contribution in [3.63, 3.8) is 0 Å². The first-order valence-corrected chi connectivity index (χ1v) is 12.0. The van der Waals surface area contributed by atoms with Gasteiger partial charge in [-0.15, -0.1) is 0 Å². The average Bonchev–Trinajstić information content (AvgIpc) is 3.26. The minimum Gasteiger partial charge on any atom is -0.481 e. The third-order valence-electron chi connectivity index (χ3n) is 6.76. The van der Waals surface area contributed by atoms with Crippen molar-refractivity contribution in [3.8, 4) is 0 Å². The van der Waals surface area contributed by atoms with Gasteiger partial charge in [-0.3, -0.25) is 13.9 Å². The molecule has 184 valence electrons. The molecule has 2 heterocycles. The number of nitrogens with two attached hydrogens (primary N) is 1. The minimum atomic E-state index is -1.01. The van der Waals surface area contributed by atoms with Crippen molar-refractivity contribution >= 4 is 45.2 Å². The number of halogens is 1. The number of aliphatic carboxylic acids is 1. The highest BCUT2D eigenvalue weighted by atomic mass is 35.5. The van der Waals surface area contributed by atoms with Crippen molar-refractivity contribution in [1.29, 1.82) is 0 Å². The maximum absolute atomic E-state index is 14.0. The normalized spacial score (nSPS) is 12.4. The van der Waals surface area contributed by atoms with Crippen LogP contribution in [0, 0.1) is 13.8 Å². The summed E-state index contributed by atoms with van der Waals surface area (Å²) in [5.41, 5.74) is 12.7. The van der Waals surface area contributed by atoms with E-state index in [1.165, 1.54) is 5.56 Å². The predicted octanol–water partition coefficient (Wildman–Crippen LogP) is 5.26. The van der Waals surface area contributed by atoms with E-state index in [9.17, 15) is 14.7 Å². The molecule has 3 N–H and O–H groups in total. The Morgan fingerprint density at radius 2 is 1.75 bits per heavy atom. The Morgan fingerprint density at radius 3 is 2.44 bits per heavy atom. The van der Waals surface area contributed by atoms with Crippen LogP contribution in [0.25, 0.3) is 21.9 Å². The fourth-order valence-corrected chi connectivity index (χ4v) is 5.39. The summed E-state index contributed by atoms with van der Waals surface area (Å²) in [4.78, 5) is 25.9. The second-order valence-corrected chi connectivity index (χ2v) is 9.83. The Labute approximate surface area is 212 Å². The third-order valence-corrected chi connectivity index (χ3v) is 7.01. The van der Waals surface area contributed by atoms with Crippen LogP contribution in [-0.2, 0) is 18.4 Å². The molecule has 0 radical (unpaired) electrons. The summed E-state index contributed by atoms with van der Waals surface area (Å²) in [7, 11) is 2.00. The molecule has 5 rings (SSSR count). The summed E-state index contributed by atoms with van der Waals surface area (Å²) in [6.45, 7) is 4.49. The molecule has 3 aromatic carbocycles. The summed E-state index contributed by atoms with van der Waals surface area (Å²) >= 11 is 6.07. The van der Waals surface area contributed by atoms with Gasteiger partial charge < -0.3 is 15.4 Å². The number of fused-ring (bicyclic) bond motifs is 2. The lowest BCUT2D eigenvalue weighted by molar-refractivity contribution is -0.137. The number of nitrogen functional groups attached to an aromatic ring is 1. The van der Waals surface area contributed by atoms with Gasteiger partial charge in [0.15, 0.2) is 0 Å². The molecule has 8 heteroatoms. The highest BCUT2D eigenvalue weighted by molar-refractivity contribution is 6.30. The van der Waals surface area contributed by atoms with Crippen molar-refractivity contribution in [2.75, 3.05) is 5.73 Å². The molecule has 0 aliphatic heterocycles. The van der Waals surface area contributed by atoms with Crippen molar-refractivity contribution in [2.45, 2.75) is 32.9 Å². The van der Waals surface area contributed by atoms with E-state index < -0.39 is 12.0 Å². The number of imidazole rings is 1. The van der Waals surface area contributed by atoms with Crippen molar-refractivity contribution in [2.24, 2.45) is 7.05 Å². The Kier molecular flexibility index (Phi) is 5.88. The molecule has 5 aromatic rings. The number of carboxylic acids is 1. The lowest BCUT2D eigenvalue weighted by Gasteiger charge is -2.18.